The summed E-state index contributed by atoms with van der Waals surface area (Å²) in [6, 6.07) is 6.98. The Hall–Kier alpha value is -1.16. The minimum atomic E-state index is -3.62. The number of hydrogen-bond acceptors (Lipinski definition) is 2. The fraction of sp³-hybridized carbons (Fsp3) is 0.562. The summed E-state index contributed by atoms with van der Waals surface area (Å²) in [6.45, 7) is 13.9. The summed E-state index contributed by atoms with van der Waals surface area (Å²) in [6.07, 6.45) is 0. The summed E-state index contributed by atoms with van der Waals surface area (Å²) in [5.41, 5.74) is 1.47. The molecule has 0 heterocycles. The molecular weight excluding hydrogens is 270 g/mol. The van der Waals surface area contributed by atoms with Crippen LogP contribution in [0.2, 0.25) is 0 Å². The van der Waals surface area contributed by atoms with Crippen LogP contribution in [0.15, 0.2) is 33.6 Å². The van der Waals surface area contributed by atoms with Gasteiger partial charge in [-0.2, -0.15) is 12.8 Å². The van der Waals surface area contributed by atoms with E-state index in [0.717, 1.165) is 5.56 Å². The molecule has 0 aliphatic carbocycles. The molecule has 0 N–H and O–H groups in total. The molecule has 0 atom stereocenters. The second-order valence-electron chi connectivity index (χ2n) is 7.18. The molecule has 0 fully saturated rings. The minimum Gasteiger partial charge on any atom is -0.199 e. The van der Waals surface area contributed by atoms with Gasteiger partial charge < -0.3 is 0 Å². The zero-order chi connectivity index (χ0) is 15.8. The minimum absolute atomic E-state index is 0.00683. The molecule has 0 amide bonds. The number of benzene rings is 1. The average Bonchev–Trinajstić information content (AvgIpc) is 2.26. The molecule has 0 saturated heterocycles. The zero-order valence-corrected chi connectivity index (χ0v) is 14.3. The first-order valence-electron chi connectivity index (χ1n) is 6.77. The van der Waals surface area contributed by atoms with Crippen LogP contribution in [0.3, 0.4) is 0 Å². The second-order valence-corrected chi connectivity index (χ2v) is 8.78. The van der Waals surface area contributed by atoms with Crippen LogP contribution in [0, 0.1) is 5.41 Å². The van der Waals surface area contributed by atoms with Crippen LogP contribution in [-0.2, 0) is 15.4 Å². The molecule has 0 saturated carbocycles. The smallest absolute Gasteiger partial charge is 0.199 e. The lowest BCUT2D eigenvalue weighted by Gasteiger charge is -2.19. The van der Waals surface area contributed by atoms with Gasteiger partial charge in [0.05, 0.1) is 4.90 Å². The van der Waals surface area contributed by atoms with Crippen LogP contribution in [0.1, 0.15) is 54.0 Å². The summed E-state index contributed by atoms with van der Waals surface area (Å²) in [5, 5.41) is 0. The Kier molecular flexibility index (Phi) is 4.49. The molecule has 0 radical (unpaired) electrons. The molecule has 20 heavy (non-hydrogen) atoms. The van der Waals surface area contributed by atoms with E-state index >= 15 is 0 Å². The van der Waals surface area contributed by atoms with Crippen molar-refractivity contribution in [1.82, 2.24) is 0 Å². The molecular formula is C16H25NO2S. The fourth-order valence-corrected chi connectivity index (χ4v) is 2.72. The van der Waals surface area contributed by atoms with E-state index in [9.17, 15) is 8.42 Å². The van der Waals surface area contributed by atoms with E-state index in [1.54, 1.807) is 19.1 Å². The van der Waals surface area contributed by atoms with Crippen LogP contribution in [0.25, 0.3) is 0 Å². The van der Waals surface area contributed by atoms with Gasteiger partial charge in [-0.25, -0.2) is 0 Å². The van der Waals surface area contributed by atoms with Crippen molar-refractivity contribution < 1.29 is 8.42 Å². The molecule has 1 rings (SSSR count). The Labute approximate surface area is 123 Å². The maximum absolute atomic E-state index is 12.3. The normalized spacial score (nSPS) is 14.4. The summed E-state index contributed by atoms with van der Waals surface area (Å²) < 4.78 is 28.5. The fourth-order valence-electron chi connectivity index (χ4n) is 1.50. The monoisotopic (exact) mass is 295 g/mol. The summed E-state index contributed by atoms with van der Waals surface area (Å²) in [5.74, 6) is 0. The number of nitrogens with zero attached hydrogens (tertiary/aromatic N) is 1. The van der Waals surface area contributed by atoms with Crippen LogP contribution in [0.4, 0.5) is 0 Å². The van der Waals surface area contributed by atoms with Gasteiger partial charge in [0.15, 0.2) is 0 Å². The lowest BCUT2D eigenvalue weighted by molar-refractivity contribution is 0.578. The molecule has 3 nitrogen and oxygen atoms in total. The SMILES string of the molecule is CC(=NS(=O)(=O)c1ccc(C(C)(C)C)cc1)C(C)(C)C. The van der Waals surface area contributed by atoms with Crippen LogP contribution in [0.5, 0.6) is 0 Å². The predicted molar refractivity (Wildman–Crippen MR) is 84.9 cm³/mol. The van der Waals surface area contributed by atoms with E-state index in [0.29, 0.717) is 5.71 Å². The topological polar surface area (TPSA) is 46.5 Å². The van der Waals surface area contributed by atoms with Gasteiger partial charge in [0, 0.05) is 11.1 Å². The zero-order valence-electron chi connectivity index (χ0n) is 13.5. The summed E-state index contributed by atoms with van der Waals surface area (Å²) in [7, 11) is -3.62. The highest BCUT2D eigenvalue weighted by molar-refractivity contribution is 7.90. The molecule has 4 heteroatoms. The highest BCUT2D eigenvalue weighted by atomic mass is 32.2. The predicted octanol–water partition coefficient (Wildman–Crippen LogP) is 4.18. The standard InChI is InChI=1S/C16H25NO2S/c1-12(15(2,3)4)17-20(18,19)14-10-8-13(9-11-14)16(5,6)7/h8-11H,1-7H3. The first-order valence-corrected chi connectivity index (χ1v) is 8.21. The Morgan fingerprint density at radius 2 is 1.40 bits per heavy atom. The quantitative estimate of drug-likeness (QED) is 0.768. The van der Waals surface area contributed by atoms with Gasteiger partial charge in [0.25, 0.3) is 10.0 Å². The maximum Gasteiger partial charge on any atom is 0.282 e. The van der Waals surface area contributed by atoms with E-state index in [2.05, 4.69) is 25.2 Å². The third-order valence-electron chi connectivity index (χ3n) is 3.36. The van der Waals surface area contributed by atoms with Gasteiger partial charge in [-0.15, -0.1) is 0 Å². The third-order valence-corrected chi connectivity index (χ3v) is 4.74. The van der Waals surface area contributed by atoms with E-state index in [1.165, 1.54) is 0 Å². The molecule has 0 unspecified atom stereocenters. The summed E-state index contributed by atoms with van der Waals surface area (Å²) >= 11 is 0. The third kappa shape index (κ3) is 4.17. The second kappa shape index (κ2) is 5.32. The van der Waals surface area contributed by atoms with Crippen LogP contribution >= 0.6 is 0 Å². The first-order chi connectivity index (χ1) is 8.84. The molecule has 0 aromatic heterocycles. The Bertz CT molecular complexity index is 597. The molecule has 1 aromatic rings. The van der Waals surface area contributed by atoms with E-state index in [-0.39, 0.29) is 15.7 Å². The Morgan fingerprint density at radius 1 is 0.950 bits per heavy atom. The lowest BCUT2D eigenvalue weighted by atomic mass is 9.87. The molecule has 1 aromatic carbocycles. The molecule has 112 valence electrons. The van der Waals surface area contributed by atoms with Crippen molar-refractivity contribution in [3.63, 3.8) is 0 Å². The van der Waals surface area contributed by atoms with Crippen molar-refractivity contribution in [2.24, 2.45) is 9.81 Å². The highest BCUT2D eigenvalue weighted by Gasteiger charge is 2.21. The van der Waals surface area contributed by atoms with Crippen molar-refractivity contribution in [1.29, 1.82) is 0 Å². The van der Waals surface area contributed by atoms with E-state index in [1.807, 2.05) is 32.9 Å². The average molecular weight is 295 g/mol. The first kappa shape index (κ1) is 16.9. The van der Waals surface area contributed by atoms with E-state index in [4.69, 9.17) is 0 Å². The molecule has 0 bridgehead atoms. The van der Waals surface area contributed by atoms with Gasteiger partial charge in [0.2, 0.25) is 0 Å². The largest absolute Gasteiger partial charge is 0.282 e. The lowest BCUT2D eigenvalue weighted by Crippen LogP contribution is -2.18. The van der Waals surface area contributed by atoms with Crippen molar-refractivity contribution in [2.45, 2.75) is 58.8 Å². The Morgan fingerprint density at radius 3 is 1.75 bits per heavy atom. The highest BCUT2D eigenvalue weighted by Crippen LogP contribution is 2.25. The van der Waals surface area contributed by atoms with Gasteiger partial charge >= 0.3 is 0 Å². The molecule has 0 aliphatic heterocycles. The van der Waals surface area contributed by atoms with Gasteiger partial charge in [0.1, 0.15) is 0 Å². The Balaban J connectivity index is 3.19. The van der Waals surface area contributed by atoms with Crippen molar-refractivity contribution >= 4 is 15.7 Å². The molecule has 0 aliphatic rings. The maximum atomic E-state index is 12.3. The number of sulfonamides is 1. The van der Waals surface area contributed by atoms with Gasteiger partial charge in [-0.05, 0) is 30.0 Å². The number of hydrogen-bond donors (Lipinski definition) is 0. The summed E-state index contributed by atoms with van der Waals surface area (Å²) in [4.78, 5) is 0.245. The van der Waals surface area contributed by atoms with Crippen LogP contribution < -0.4 is 0 Å². The van der Waals surface area contributed by atoms with Crippen LogP contribution in [-0.4, -0.2) is 14.1 Å². The van der Waals surface area contributed by atoms with Gasteiger partial charge in [-0.3, -0.25) is 0 Å². The van der Waals surface area contributed by atoms with Crippen molar-refractivity contribution in [2.75, 3.05) is 0 Å². The van der Waals surface area contributed by atoms with Crippen molar-refractivity contribution in [3.8, 4) is 0 Å². The molecule has 0 spiro atoms. The number of rotatable bonds is 2. The van der Waals surface area contributed by atoms with Gasteiger partial charge in [-0.1, -0.05) is 53.7 Å². The van der Waals surface area contributed by atoms with Crippen molar-refractivity contribution in [3.05, 3.63) is 29.8 Å². The van der Waals surface area contributed by atoms with E-state index < -0.39 is 10.0 Å².